The van der Waals surface area contributed by atoms with Gasteiger partial charge in [0.25, 0.3) is 5.91 Å². The number of benzene rings is 3. The molecule has 0 fully saturated rings. The summed E-state index contributed by atoms with van der Waals surface area (Å²) in [5.41, 5.74) is 6.15. The van der Waals surface area contributed by atoms with Gasteiger partial charge in [-0.15, -0.1) is 0 Å². The molecule has 0 radical (unpaired) electrons. The number of aryl methyl sites for hydroxylation is 2. The van der Waals surface area contributed by atoms with Crippen LogP contribution in [0.15, 0.2) is 79.1 Å². The van der Waals surface area contributed by atoms with E-state index in [1.807, 2.05) is 36.5 Å². The number of anilines is 1. The maximum Gasteiger partial charge on any atom is 0.268 e. The Balaban J connectivity index is 1.56. The van der Waals surface area contributed by atoms with Crippen molar-refractivity contribution in [3.8, 4) is 0 Å². The van der Waals surface area contributed by atoms with Crippen LogP contribution in [0.25, 0.3) is 21.8 Å². The molecule has 0 saturated heterocycles. The lowest BCUT2D eigenvalue weighted by Crippen LogP contribution is -2.70. The maximum absolute atomic E-state index is 15.5. The lowest BCUT2D eigenvalue weighted by Gasteiger charge is -2.46. The van der Waals surface area contributed by atoms with Gasteiger partial charge in [-0.1, -0.05) is 42.5 Å². The van der Waals surface area contributed by atoms with Crippen LogP contribution in [0.2, 0.25) is 0 Å². The SMILES string of the molecule is CC(=O)NC(Cc1c[nH]c2ccccc12)(C(=O)N(Cc1cc(C)c(C)c(C)c1)c1c[nH]c2ccc(F)cc12)N1CC=CCC1. The molecule has 5 aromatic rings. The van der Waals surface area contributed by atoms with Crippen molar-refractivity contribution in [1.82, 2.24) is 20.2 Å². The predicted molar refractivity (Wildman–Crippen MR) is 174 cm³/mol. The van der Waals surface area contributed by atoms with Gasteiger partial charge < -0.3 is 20.2 Å². The molecule has 2 aromatic heterocycles. The van der Waals surface area contributed by atoms with Crippen LogP contribution in [0.5, 0.6) is 0 Å². The van der Waals surface area contributed by atoms with E-state index in [-0.39, 0.29) is 30.6 Å². The third-order valence-electron chi connectivity index (χ3n) is 8.94. The molecule has 44 heavy (non-hydrogen) atoms. The lowest BCUT2D eigenvalue weighted by atomic mass is 9.93. The van der Waals surface area contributed by atoms with Crippen molar-refractivity contribution >= 4 is 39.3 Å². The second-order valence-corrected chi connectivity index (χ2v) is 11.9. The summed E-state index contributed by atoms with van der Waals surface area (Å²) in [5.74, 6) is -0.977. The molecule has 0 spiro atoms. The van der Waals surface area contributed by atoms with Crippen molar-refractivity contribution in [2.45, 2.75) is 52.7 Å². The Bertz CT molecular complexity index is 1880. The molecule has 0 aliphatic carbocycles. The van der Waals surface area contributed by atoms with Gasteiger partial charge in [0.1, 0.15) is 5.82 Å². The summed E-state index contributed by atoms with van der Waals surface area (Å²) in [6.07, 6.45) is 8.81. The first-order chi connectivity index (χ1) is 21.2. The number of hydrogen-bond donors (Lipinski definition) is 3. The average molecular weight is 592 g/mol. The normalized spacial score (nSPS) is 15.0. The third kappa shape index (κ3) is 5.42. The summed E-state index contributed by atoms with van der Waals surface area (Å²) in [4.78, 5) is 38.9. The number of para-hydroxylation sites is 1. The van der Waals surface area contributed by atoms with Crippen LogP contribution in [-0.4, -0.2) is 45.4 Å². The Kier molecular flexibility index (Phi) is 7.86. The third-order valence-corrected chi connectivity index (χ3v) is 8.94. The van der Waals surface area contributed by atoms with Gasteiger partial charge in [0.05, 0.1) is 12.2 Å². The molecule has 1 unspecified atom stereocenters. The highest BCUT2D eigenvalue weighted by Crippen LogP contribution is 2.35. The zero-order valence-corrected chi connectivity index (χ0v) is 25.6. The van der Waals surface area contributed by atoms with E-state index in [0.29, 0.717) is 24.2 Å². The number of carbonyl (C=O) groups is 2. The number of hydrogen-bond acceptors (Lipinski definition) is 3. The number of aromatic amines is 2. The molecule has 6 rings (SSSR count). The molecule has 8 heteroatoms. The molecule has 1 aliphatic heterocycles. The highest BCUT2D eigenvalue weighted by Gasteiger charge is 2.48. The van der Waals surface area contributed by atoms with Crippen LogP contribution in [0, 0.1) is 26.6 Å². The molecule has 1 atom stereocenters. The van der Waals surface area contributed by atoms with Crippen LogP contribution < -0.4 is 10.2 Å². The largest absolute Gasteiger partial charge is 0.361 e. The number of aromatic nitrogens is 2. The topological polar surface area (TPSA) is 84.2 Å². The molecule has 1 aliphatic rings. The molecule has 226 valence electrons. The molecule has 3 aromatic carbocycles. The van der Waals surface area contributed by atoms with E-state index in [9.17, 15) is 9.18 Å². The van der Waals surface area contributed by atoms with E-state index < -0.39 is 5.66 Å². The lowest BCUT2D eigenvalue weighted by molar-refractivity contribution is -0.139. The van der Waals surface area contributed by atoms with Gasteiger partial charge in [-0.3, -0.25) is 14.5 Å². The Morgan fingerprint density at radius 1 is 0.955 bits per heavy atom. The van der Waals surface area contributed by atoms with Gasteiger partial charge in [-0.25, -0.2) is 4.39 Å². The van der Waals surface area contributed by atoms with Crippen molar-refractivity contribution < 1.29 is 14.0 Å². The minimum atomic E-state index is -1.42. The maximum atomic E-state index is 15.5. The Labute approximate surface area is 256 Å². The number of amides is 2. The summed E-state index contributed by atoms with van der Waals surface area (Å²) >= 11 is 0. The highest BCUT2D eigenvalue weighted by atomic mass is 19.1. The van der Waals surface area contributed by atoms with E-state index in [4.69, 9.17) is 0 Å². The Hall–Kier alpha value is -4.69. The fraction of sp³-hybridized carbons (Fsp3) is 0.278. The second-order valence-electron chi connectivity index (χ2n) is 11.9. The number of carbonyl (C=O) groups excluding carboxylic acids is 2. The average Bonchev–Trinajstić information content (AvgIpc) is 3.62. The zero-order chi connectivity index (χ0) is 31.0. The first-order valence-electron chi connectivity index (χ1n) is 15.1. The number of nitrogens with one attached hydrogen (secondary N) is 3. The zero-order valence-electron chi connectivity index (χ0n) is 25.6. The van der Waals surface area contributed by atoms with E-state index in [1.165, 1.54) is 24.6 Å². The molecule has 3 heterocycles. The monoisotopic (exact) mass is 591 g/mol. The highest BCUT2D eigenvalue weighted by molar-refractivity contribution is 6.08. The number of halogens is 1. The summed E-state index contributed by atoms with van der Waals surface area (Å²) < 4.78 is 14.6. The summed E-state index contributed by atoms with van der Waals surface area (Å²) in [7, 11) is 0. The smallest absolute Gasteiger partial charge is 0.268 e. The predicted octanol–water partition coefficient (Wildman–Crippen LogP) is 6.58. The number of nitrogens with zero attached hydrogens (tertiary/aromatic N) is 2. The quantitative estimate of drug-likeness (QED) is 0.178. The first kappa shape index (κ1) is 29.4. The van der Waals surface area contributed by atoms with Gasteiger partial charge in [-0.05, 0) is 79.3 Å². The van der Waals surface area contributed by atoms with Crippen LogP contribution in [0.4, 0.5) is 10.1 Å². The molecule has 3 N–H and O–H groups in total. The van der Waals surface area contributed by atoms with Crippen LogP contribution in [0.1, 0.15) is 41.2 Å². The molecule has 0 saturated carbocycles. The van der Waals surface area contributed by atoms with Crippen molar-refractivity contribution in [2.24, 2.45) is 0 Å². The number of rotatable bonds is 8. The molecule has 7 nitrogen and oxygen atoms in total. The minimum Gasteiger partial charge on any atom is -0.361 e. The van der Waals surface area contributed by atoms with Crippen molar-refractivity contribution in [2.75, 3.05) is 18.0 Å². The standard InChI is InChI=1S/C36H38FN5O2/c1-23-16-27(17-24(2)25(23)3)22-42(34-21-39-33-13-12-29(37)18-31(33)34)35(44)36(40-26(4)43,41-14-8-5-9-15-41)19-28-20-38-32-11-7-6-10-30(28)32/h5-8,10-13,16-18,20-21,38-39H,9,14-15,19,22H2,1-4H3,(H,40,43). The van der Waals surface area contributed by atoms with Gasteiger partial charge in [0.2, 0.25) is 5.91 Å². The number of fused-ring (bicyclic) bond motifs is 2. The van der Waals surface area contributed by atoms with Crippen molar-refractivity contribution in [3.05, 3.63) is 113 Å². The van der Waals surface area contributed by atoms with Crippen LogP contribution in [-0.2, 0) is 22.6 Å². The molecule has 2 amide bonds. The first-order valence-corrected chi connectivity index (χ1v) is 15.1. The summed E-state index contributed by atoms with van der Waals surface area (Å²) in [6, 6.07) is 16.7. The van der Waals surface area contributed by atoms with E-state index in [2.05, 4.69) is 59.2 Å². The number of H-pyrrole nitrogens is 2. The van der Waals surface area contributed by atoms with Gasteiger partial charge in [-0.2, -0.15) is 0 Å². The van der Waals surface area contributed by atoms with Crippen LogP contribution >= 0.6 is 0 Å². The second kappa shape index (κ2) is 11.8. The van der Waals surface area contributed by atoms with Crippen molar-refractivity contribution in [1.29, 1.82) is 0 Å². The van der Waals surface area contributed by atoms with E-state index in [1.54, 1.807) is 17.2 Å². The molecule has 0 bridgehead atoms. The van der Waals surface area contributed by atoms with Gasteiger partial charge in [0.15, 0.2) is 5.66 Å². The fourth-order valence-electron chi connectivity index (χ4n) is 6.52. The Morgan fingerprint density at radius 2 is 1.68 bits per heavy atom. The summed E-state index contributed by atoms with van der Waals surface area (Å²) in [5, 5.41) is 4.74. The molecular formula is C36H38FN5O2. The van der Waals surface area contributed by atoms with E-state index in [0.717, 1.165) is 45.1 Å². The summed E-state index contributed by atoms with van der Waals surface area (Å²) in [6.45, 7) is 9.00. The van der Waals surface area contributed by atoms with Gasteiger partial charge in [0, 0.05) is 60.6 Å². The minimum absolute atomic E-state index is 0.239. The van der Waals surface area contributed by atoms with Crippen LogP contribution in [0.3, 0.4) is 0 Å². The van der Waals surface area contributed by atoms with E-state index >= 15 is 4.79 Å². The van der Waals surface area contributed by atoms with Gasteiger partial charge >= 0.3 is 0 Å². The molecular weight excluding hydrogens is 553 g/mol. The fourth-order valence-corrected chi connectivity index (χ4v) is 6.52. The Morgan fingerprint density at radius 3 is 2.41 bits per heavy atom. The van der Waals surface area contributed by atoms with Crippen molar-refractivity contribution in [3.63, 3.8) is 0 Å².